The fourth-order valence-corrected chi connectivity index (χ4v) is 2.97. The van der Waals surface area contributed by atoms with Crippen molar-refractivity contribution in [1.82, 2.24) is 5.32 Å². The van der Waals surface area contributed by atoms with Crippen LogP contribution in [0.5, 0.6) is 11.5 Å². The molecule has 2 rings (SSSR count). The Balaban J connectivity index is 1.96. The Morgan fingerprint density at radius 3 is 2.62 bits per heavy atom. The molecule has 0 saturated carbocycles. The van der Waals surface area contributed by atoms with Gasteiger partial charge in [-0.25, -0.2) is 0 Å². The summed E-state index contributed by atoms with van der Waals surface area (Å²) in [5.74, 6) is 1.44. The van der Waals surface area contributed by atoms with Crippen molar-refractivity contribution >= 4 is 15.9 Å². The minimum atomic E-state index is -0.524. The van der Waals surface area contributed by atoms with Crippen LogP contribution in [0.3, 0.4) is 0 Å². The molecule has 4 nitrogen and oxygen atoms in total. The van der Waals surface area contributed by atoms with E-state index in [1.165, 1.54) is 0 Å². The summed E-state index contributed by atoms with van der Waals surface area (Å²) in [6, 6.07) is 13.6. The van der Waals surface area contributed by atoms with Gasteiger partial charge in [-0.2, -0.15) is 0 Å². The Kier molecular flexibility index (Phi) is 7.56. The molecule has 0 unspecified atom stereocenters. The fraction of sp³-hybridized carbons (Fsp3) is 0.368. The third-order valence-electron chi connectivity index (χ3n) is 3.59. The van der Waals surface area contributed by atoms with E-state index in [4.69, 9.17) is 9.47 Å². The van der Waals surface area contributed by atoms with Gasteiger partial charge in [0.15, 0.2) is 11.5 Å². The third-order valence-corrected chi connectivity index (χ3v) is 4.18. The van der Waals surface area contributed by atoms with Gasteiger partial charge in [0.1, 0.15) is 0 Å². The number of benzene rings is 2. The molecule has 5 heteroatoms. The maximum atomic E-state index is 10.2. The van der Waals surface area contributed by atoms with Crippen LogP contribution in [0.15, 0.2) is 46.9 Å². The first-order valence-corrected chi connectivity index (χ1v) is 8.88. The molecule has 0 heterocycles. The quantitative estimate of drug-likeness (QED) is 0.673. The molecule has 2 aromatic carbocycles. The molecule has 0 aliphatic carbocycles. The van der Waals surface area contributed by atoms with E-state index in [9.17, 15) is 5.11 Å². The monoisotopic (exact) mass is 393 g/mol. The number of ether oxygens (including phenoxy) is 2. The molecule has 0 aromatic heterocycles. The highest BCUT2D eigenvalue weighted by Crippen LogP contribution is 2.36. The smallest absolute Gasteiger partial charge is 0.175 e. The van der Waals surface area contributed by atoms with Crippen molar-refractivity contribution in [3.63, 3.8) is 0 Å². The van der Waals surface area contributed by atoms with E-state index < -0.39 is 6.10 Å². The number of hydrogen-bond acceptors (Lipinski definition) is 4. The number of halogens is 1. The zero-order valence-electron chi connectivity index (χ0n) is 14.1. The summed E-state index contributed by atoms with van der Waals surface area (Å²) in [6.45, 7) is 3.83. The third kappa shape index (κ3) is 5.23. The average molecular weight is 394 g/mol. The largest absolute Gasteiger partial charge is 0.493 e. The summed E-state index contributed by atoms with van der Waals surface area (Å²) in [5.41, 5.74) is 1.97. The molecule has 1 atom stereocenters. The first-order valence-electron chi connectivity index (χ1n) is 8.08. The number of methoxy groups -OCH3 is 1. The molecule has 0 saturated heterocycles. The molecule has 0 aliphatic rings. The summed E-state index contributed by atoms with van der Waals surface area (Å²) in [7, 11) is 1.64. The number of aliphatic hydroxyl groups excluding tert-OH is 1. The Hall–Kier alpha value is -1.56. The van der Waals surface area contributed by atoms with Crippen molar-refractivity contribution in [2.45, 2.75) is 26.0 Å². The lowest BCUT2D eigenvalue weighted by Crippen LogP contribution is -2.21. The van der Waals surface area contributed by atoms with Crippen molar-refractivity contribution < 1.29 is 14.6 Å². The van der Waals surface area contributed by atoms with Crippen LogP contribution in [-0.2, 0) is 6.54 Å². The normalized spacial score (nSPS) is 12.0. The molecule has 0 spiro atoms. The number of hydrogen-bond donors (Lipinski definition) is 2. The second-order valence-corrected chi connectivity index (χ2v) is 6.37. The molecule has 0 aliphatic heterocycles. The van der Waals surface area contributed by atoms with E-state index in [-0.39, 0.29) is 0 Å². The zero-order chi connectivity index (χ0) is 17.4. The van der Waals surface area contributed by atoms with E-state index in [1.807, 2.05) is 42.5 Å². The van der Waals surface area contributed by atoms with Crippen molar-refractivity contribution in [2.24, 2.45) is 0 Å². The highest BCUT2D eigenvalue weighted by atomic mass is 79.9. The van der Waals surface area contributed by atoms with Crippen LogP contribution >= 0.6 is 15.9 Å². The average Bonchev–Trinajstić information content (AvgIpc) is 2.61. The van der Waals surface area contributed by atoms with Gasteiger partial charge in [-0.1, -0.05) is 37.3 Å². The van der Waals surface area contributed by atoms with Crippen LogP contribution < -0.4 is 14.8 Å². The van der Waals surface area contributed by atoms with Crippen molar-refractivity contribution in [3.8, 4) is 11.5 Å². The van der Waals surface area contributed by atoms with Gasteiger partial charge in [0, 0.05) is 13.1 Å². The second kappa shape index (κ2) is 9.67. The number of aliphatic hydroxyl groups is 1. The number of nitrogens with one attached hydrogen (secondary N) is 1. The van der Waals surface area contributed by atoms with Gasteiger partial charge in [-0.15, -0.1) is 0 Å². The molecule has 0 amide bonds. The van der Waals surface area contributed by atoms with Crippen LogP contribution in [0.4, 0.5) is 0 Å². The Bertz CT molecular complexity index is 634. The van der Waals surface area contributed by atoms with Crippen LogP contribution in [0.2, 0.25) is 0 Å². The molecular formula is C19H24BrNO3. The van der Waals surface area contributed by atoms with Crippen molar-refractivity contribution in [2.75, 3.05) is 20.3 Å². The summed E-state index contributed by atoms with van der Waals surface area (Å²) in [6.07, 6.45) is 0.416. The minimum Gasteiger partial charge on any atom is -0.493 e. The molecule has 0 fully saturated rings. The van der Waals surface area contributed by atoms with Gasteiger partial charge in [-0.3, -0.25) is 0 Å². The van der Waals surface area contributed by atoms with Crippen LogP contribution in [0.25, 0.3) is 0 Å². The van der Waals surface area contributed by atoms with E-state index in [1.54, 1.807) is 7.11 Å². The standard InChI is InChI=1S/C19H24BrNO3/c1-3-9-24-19-16(20)10-14(11-18(19)23-2)12-21-13-17(22)15-7-5-4-6-8-15/h4-8,10-11,17,21-22H,3,9,12-13H2,1-2H3/t17-/m1/s1. The summed E-state index contributed by atoms with van der Waals surface area (Å²) in [5, 5.41) is 13.5. The Morgan fingerprint density at radius 2 is 1.96 bits per heavy atom. The number of rotatable bonds is 9. The van der Waals surface area contributed by atoms with Crippen LogP contribution in [0.1, 0.15) is 30.6 Å². The molecule has 0 radical (unpaired) electrons. The van der Waals surface area contributed by atoms with Gasteiger partial charge >= 0.3 is 0 Å². The first-order chi connectivity index (χ1) is 11.7. The van der Waals surface area contributed by atoms with E-state index >= 15 is 0 Å². The maximum Gasteiger partial charge on any atom is 0.175 e. The first kappa shape index (κ1) is 18.8. The maximum absolute atomic E-state index is 10.2. The van der Waals surface area contributed by atoms with Gasteiger partial charge in [0.05, 0.1) is 24.3 Å². The lowest BCUT2D eigenvalue weighted by atomic mass is 10.1. The predicted octanol–water partition coefficient (Wildman–Crippen LogP) is 4.07. The van der Waals surface area contributed by atoms with Gasteiger partial charge in [0.25, 0.3) is 0 Å². The van der Waals surface area contributed by atoms with Gasteiger partial charge < -0.3 is 19.9 Å². The molecule has 2 aromatic rings. The minimum absolute atomic E-state index is 0.484. The fourth-order valence-electron chi connectivity index (χ4n) is 2.37. The lowest BCUT2D eigenvalue weighted by molar-refractivity contribution is 0.174. The molecule has 0 bridgehead atoms. The topological polar surface area (TPSA) is 50.7 Å². The summed E-state index contributed by atoms with van der Waals surface area (Å²) < 4.78 is 12.0. The molecule has 24 heavy (non-hydrogen) atoms. The predicted molar refractivity (Wildman–Crippen MR) is 99.6 cm³/mol. The second-order valence-electron chi connectivity index (χ2n) is 5.51. The van der Waals surface area contributed by atoms with Crippen LogP contribution in [-0.4, -0.2) is 25.4 Å². The molecule has 130 valence electrons. The van der Waals surface area contributed by atoms with Gasteiger partial charge in [0.2, 0.25) is 0 Å². The van der Waals surface area contributed by atoms with Gasteiger partial charge in [-0.05, 0) is 45.6 Å². The lowest BCUT2D eigenvalue weighted by Gasteiger charge is -2.15. The summed E-state index contributed by atoms with van der Waals surface area (Å²) >= 11 is 3.54. The van der Waals surface area contributed by atoms with E-state index in [0.717, 1.165) is 27.8 Å². The molecular weight excluding hydrogens is 370 g/mol. The Morgan fingerprint density at radius 1 is 1.21 bits per heavy atom. The summed E-state index contributed by atoms with van der Waals surface area (Å²) in [4.78, 5) is 0. The zero-order valence-corrected chi connectivity index (χ0v) is 15.7. The van der Waals surface area contributed by atoms with Crippen molar-refractivity contribution in [3.05, 3.63) is 58.1 Å². The van der Waals surface area contributed by atoms with Crippen molar-refractivity contribution in [1.29, 1.82) is 0 Å². The van der Waals surface area contributed by atoms with E-state index in [2.05, 4.69) is 28.2 Å². The van der Waals surface area contributed by atoms with Crippen LogP contribution in [0, 0.1) is 0 Å². The Labute approximate surface area is 151 Å². The highest BCUT2D eigenvalue weighted by Gasteiger charge is 2.12. The van der Waals surface area contributed by atoms with E-state index in [0.29, 0.717) is 25.4 Å². The highest BCUT2D eigenvalue weighted by molar-refractivity contribution is 9.10. The SMILES string of the molecule is CCCOc1c(Br)cc(CNC[C@@H](O)c2ccccc2)cc1OC. The molecule has 2 N–H and O–H groups in total.